The summed E-state index contributed by atoms with van der Waals surface area (Å²) in [5.74, 6) is -0.434. The zero-order chi connectivity index (χ0) is 16.8. The van der Waals surface area contributed by atoms with E-state index in [4.69, 9.17) is 17.0 Å². The molecule has 1 heterocycles. The van der Waals surface area contributed by atoms with Crippen molar-refractivity contribution in [1.29, 1.82) is 0 Å². The number of carbonyl (C=O) groups is 2. The van der Waals surface area contributed by atoms with Crippen LogP contribution in [0.5, 0.6) is 5.75 Å². The lowest BCUT2D eigenvalue weighted by atomic mass is 10.3. The van der Waals surface area contributed by atoms with Gasteiger partial charge < -0.3 is 4.74 Å². The monoisotopic (exact) mass is 355 g/mol. The van der Waals surface area contributed by atoms with Crippen molar-refractivity contribution in [2.45, 2.75) is 0 Å². The first-order valence-corrected chi connectivity index (χ1v) is 7.20. The van der Waals surface area contributed by atoms with Gasteiger partial charge in [-0.3, -0.25) is 30.6 Å². The molecule has 0 saturated carbocycles. The summed E-state index contributed by atoms with van der Waals surface area (Å²) in [5.41, 5.74) is -0.0949. The first-order chi connectivity index (χ1) is 10.9. The molecule has 23 heavy (non-hydrogen) atoms. The molecule has 0 spiro atoms. The topological polar surface area (TPSA) is 139 Å². The minimum Gasteiger partial charge on any atom is -0.484 e. The van der Waals surface area contributed by atoms with Crippen molar-refractivity contribution < 1.29 is 19.2 Å². The van der Waals surface area contributed by atoms with E-state index in [1.807, 2.05) is 5.32 Å². The molecule has 0 aliphatic carbocycles. The van der Waals surface area contributed by atoms with Gasteiger partial charge in [0.25, 0.3) is 11.6 Å². The van der Waals surface area contributed by atoms with Gasteiger partial charge in [0.2, 0.25) is 5.13 Å². The molecule has 1 aromatic heterocycles. The Bertz CT molecular complexity index is 785. The maximum atomic E-state index is 11.5. The molecule has 0 aliphatic rings. The van der Waals surface area contributed by atoms with E-state index in [0.717, 1.165) is 11.3 Å². The number of aromatic amines is 1. The summed E-state index contributed by atoms with van der Waals surface area (Å²) in [6.07, 6.45) is 0. The van der Waals surface area contributed by atoms with Gasteiger partial charge in [-0.2, -0.15) is 0 Å². The molecular formula is C11H9N5O5S2. The van der Waals surface area contributed by atoms with E-state index >= 15 is 0 Å². The molecule has 2 rings (SSSR count). The molecule has 120 valence electrons. The number of aromatic nitrogens is 2. The van der Waals surface area contributed by atoms with E-state index in [2.05, 4.69) is 15.5 Å². The number of anilines is 1. The summed E-state index contributed by atoms with van der Waals surface area (Å²) in [6, 6.07) is 4.40. The summed E-state index contributed by atoms with van der Waals surface area (Å²) >= 11 is 5.83. The van der Waals surface area contributed by atoms with Crippen LogP contribution in [0.3, 0.4) is 0 Å². The van der Waals surface area contributed by atoms with Gasteiger partial charge in [-0.15, -0.1) is 5.10 Å². The Morgan fingerprint density at radius 1 is 1.39 bits per heavy atom. The Kier molecular flexibility index (Phi) is 5.32. The highest BCUT2D eigenvalue weighted by Gasteiger charge is 2.11. The molecule has 0 bridgehead atoms. The molecule has 0 unspecified atom stereocenters. The number of ether oxygens (including phenoxy) is 1. The van der Waals surface area contributed by atoms with Crippen LogP contribution in [0.2, 0.25) is 0 Å². The fraction of sp³-hybridized carbons (Fsp3) is 0.0909. The van der Waals surface area contributed by atoms with Gasteiger partial charge in [0.1, 0.15) is 5.75 Å². The van der Waals surface area contributed by atoms with Crippen LogP contribution in [0.4, 0.5) is 15.6 Å². The quantitative estimate of drug-likeness (QED) is 0.422. The molecule has 3 amide bonds. The van der Waals surface area contributed by atoms with E-state index in [-0.39, 0.29) is 16.6 Å². The molecule has 2 aromatic rings. The number of nitro benzene ring substituents is 1. The van der Waals surface area contributed by atoms with E-state index in [1.54, 1.807) is 0 Å². The SMILES string of the molecule is O=C(COc1ccc([N+](=O)[O-])cc1)NC(=O)Nc1n[nH]c(=S)s1. The molecule has 0 radical (unpaired) electrons. The number of nitrogens with zero attached hydrogens (tertiary/aromatic N) is 2. The normalized spacial score (nSPS) is 9.91. The standard InChI is InChI=1S/C11H9N5O5S2/c17-8(12-9(18)13-10-14-15-11(22)23-10)5-21-7-3-1-6(2-4-7)16(19)20/h1-4H,5H2,(H,15,22)(H2,12,13,14,17,18). The van der Waals surface area contributed by atoms with Crippen molar-refractivity contribution >= 4 is 46.3 Å². The average molecular weight is 355 g/mol. The fourth-order valence-electron chi connectivity index (χ4n) is 1.39. The number of nitrogens with one attached hydrogen (secondary N) is 3. The maximum Gasteiger partial charge on any atom is 0.327 e. The first kappa shape index (κ1) is 16.5. The summed E-state index contributed by atoms with van der Waals surface area (Å²) < 4.78 is 5.49. The Morgan fingerprint density at radius 3 is 2.65 bits per heavy atom. The minimum absolute atomic E-state index is 0.0949. The third-order valence-electron chi connectivity index (χ3n) is 2.33. The highest BCUT2D eigenvalue weighted by atomic mass is 32.1. The van der Waals surface area contributed by atoms with Crippen LogP contribution in [-0.4, -0.2) is 33.7 Å². The molecule has 0 atom stereocenters. The molecule has 1 aromatic carbocycles. The number of hydrogen-bond donors (Lipinski definition) is 3. The van der Waals surface area contributed by atoms with Gasteiger partial charge >= 0.3 is 6.03 Å². The van der Waals surface area contributed by atoms with Crippen LogP contribution in [0.1, 0.15) is 0 Å². The second kappa shape index (κ2) is 7.42. The third-order valence-corrected chi connectivity index (χ3v) is 3.33. The highest BCUT2D eigenvalue weighted by molar-refractivity contribution is 7.73. The Labute approximate surface area is 137 Å². The molecule has 10 nitrogen and oxygen atoms in total. The van der Waals surface area contributed by atoms with Crippen LogP contribution < -0.4 is 15.4 Å². The number of amides is 3. The van der Waals surface area contributed by atoms with Gasteiger partial charge in [0.05, 0.1) is 4.92 Å². The van der Waals surface area contributed by atoms with Crippen molar-refractivity contribution in [1.82, 2.24) is 15.5 Å². The Hall–Kier alpha value is -2.86. The number of carbonyl (C=O) groups excluding carboxylic acids is 2. The molecule has 0 fully saturated rings. The second-order valence-electron chi connectivity index (χ2n) is 3.96. The van der Waals surface area contributed by atoms with Crippen molar-refractivity contribution in [3.05, 3.63) is 38.3 Å². The number of benzene rings is 1. The predicted molar refractivity (Wildman–Crippen MR) is 83.1 cm³/mol. The van der Waals surface area contributed by atoms with E-state index < -0.39 is 23.5 Å². The maximum absolute atomic E-state index is 11.5. The number of non-ortho nitro benzene ring substituents is 1. The lowest BCUT2D eigenvalue weighted by Gasteiger charge is -2.06. The van der Waals surface area contributed by atoms with Crippen LogP contribution >= 0.6 is 23.6 Å². The number of imide groups is 1. The Morgan fingerprint density at radius 2 is 2.09 bits per heavy atom. The Balaban J connectivity index is 1.79. The molecule has 0 aliphatic heterocycles. The summed E-state index contributed by atoms with van der Waals surface area (Å²) in [5, 5.41) is 21.2. The van der Waals surface area contributed by atoms with Crippen molar-refractivity contribution in [3.8, 4) is 5.75 Å². The lowest BCUT2D eigenvalue weighted by molar-refractivity contribution is -0.384. The largest absolute Gasteiger partial charge is 0.484 e. The van der Waals surface area contributed by atoms with Crippen molar-refractivity contribution in [2.75, 3.05) is 11.9 Å². The molecule has 0 saturated heterocycles. The predicted octanol–water partition coefficient (Wildman–Crippen LogP) is 1.84. The van der Waals surface area contributed by atoms with Crippen LogP contribution in [-0.2, 0) is 4.79 Å². The molecule has 3 N–H and O–H groups in total. The fourth-order valence-corrected chi connectivity index (χ4v) is 2.17. The molecule has 12 heteroatoms. The lowest BCUT2D eigenvalue weighted by Crippen LogP contribution is -2.37. The smallest absolute Gasteiger partial charge is 0.327 e. The van der Waals surface area contributed by atoms with Gasteiger partial charge in [-0.05, 0) is 24.4 Å². The van der Waals surface area contributed by atoms with Gasteiger partial charge in [-0.1, -0.05) is 11.3 Å². The van der Waals surface area contributed by atoms with Crippen LogP contribution in [0.25, 0.3) is 0 Å². The van der Waals surface area contributed by atoms with Crippen LogP contribution in [0.15, 0.2) is 24.3 Å². The van der Waals surface area contributed by atoms with E-state index in [0.29, 0.717) is 3.95 Å². The van der Waals surface area contributed by atoms with Gasteiger partial charge in [0, 0.05) is 12.1 Å². The van der Waals surface area contributed by atoms with Gasteiger partial charge in [-0.25, -0.2) is 4.79 Å². The first-order valence-electron chi connectivity index (χ1n) is 5.97. The summed E-state index contributed by atoms with van der Waals surface area (Å²) in [7, 11) is 0. The van der Waals surface area contributed by atoms with Crippen molar-refractivity contribution in [3.63, 3.8) is 0 Å². The van der Waals surface area contributed by atoms with Crippen LogP contribution in [0, 0.1) is 14.1 Å². The molecular weight excluding hydrogens is 346 g/mol. The minimum atomic E-state index is -0.778. The summed E-state index contributed by atoms with van der Waals surface area (Å²) in [6.45, 7) is -0.429. The van der Waals surface area contributed by atoms with E-state index in [1.165, 1.54) is 24.3 Å². The number of H-pyrrole nitrogens is 1. The van der Waals surface area contributed by atoms with Gasteiger partial charge in [0.15, 0.2) is 10.6 Å². The summed E-state index contributed by atoms with van der Waals surface area (Å²) in [4.78, 5) is 33.0. The number of urea groups is 1. The average Bonchev–Trinajstić information content (AvgIpc) is 2.90. The highest BCUT2D eigenvalue weighted by Crippen LogP contribution is 2.17. The van der Waals surface area contributed by atoms with Crippen molar-refractivity contribution in [2.24, 2.45) is 0 Å². The number of nitro groups is 1. The number of rotatable bonds is 5. The van der Waals surface area contributed by atoms with E-state index in [9.17, 15) is 19.7 Å². The zero-order valence-corrected chi connectivity index (χ0v) is 12.9. The number of hydrogen-bond acceptors (Lipinski definition) is 8. The third kappa shape index (κ3) is 5.12. The zero-order valence-electron chi connectivity index (χ0n) is 11.3. The second-order valence-corrected chi connectivity index (χ2v) is 5.63.